The average Bonchev–Trinajstić information content (AvgIpc) is 2.11. The van der Waals surface area contributed by atoms with E-state index in [1.54, 1.807) is 0 Å². The third kappa shape index (κ3) is 6.80. The number of carbonyl (C=O) groups excluding carboxylic acids is 1. The number of hydrogen-bond donors (Lipinski definition) is 1. The standard InChI is InChI=1S/C10H20N4O/c1-8(10(2,3)4)7-9(15)12-5-6-13-14-11/h8H,5-7H2,1-4H3,(H,12,15). The largest absolute Gasteiger partial charge is 0.356 e. The Hall–Kier alpha value is -1.22. The van der Waals surface area contributed by atoms with Gasteiger partial charge in [0.2, 0.25) is 5.91 Å². The molecule has 0 saturated carbocycles. The molecule has 0 aliphatic rings. The number of azide groups is 1. The van der Waals surface area contributed by atoms with Gasteiger partial charge in [-0.1, -0.05) is 32.8 Å². The quantitative estimate of drug-likeness (QED) is 0.323. The molecule has 5 nitrogen and oxygen atoms in total. The van der Waals surface area contributed by atoms with E-state index < -0.39 is 0 Å². The van der Waals surface area contributed by atoms with Crippen LogP contribution < -0.4 is 5.32 Å². The van der Waals surface area contributed by atoms with E-state index in [-0.39, 0.29) is 11.3 Å². The second-order valence-electron chi connectivity index (χ2n) is 4.78. The zero-order valence-electron chi connectivity index (χ0n) is 9.95. The molecule has 86 valence electrons. The van der Waals surface area contributed by atoms with Gasteiger partial charge in [-0.25, -0.2) is 0 Å². The number of carbonyl (C=O) groups is 1. The van der Waals surface area contributed by atoms with Gasteiger partial charge in [0.15, 0.2) is 0 Å². The van der Waals surface area contributed by atoms with Crippen LogP contribution in [-0.4, -0.2) is 19.0 Å². The predicted molar refractivity (Wildman–Crippen MR) is 60.3 cm³/mol. The van der Waals surface area contributed by atoms with Crippen molar-refractivity contribution in [3.63, 3.8) is 0 Å². The maximum atomic E-state index is 11.4. The van der Waals surface area contributed by atoms with Crippen LogP contribution in [0.15, 0.2) is 5.11 Å². The van der Waals surface area contributed by atoms with E-state index in [1.807, 2.05) is 0 Å². The zero-order valence-corrected chi connectivity index (χ0v) is 9.95. The molecule has 1 unspecified atom stereocenters. The lowest BCUT2D eigenvalue weighted by atomic mass is 9.80. The molecule has 1 atom stereocenters. The number of amides is 1. The van der Waals surface area contributed by atoms with Crippen LogP contribution in [0.5, 0.6) is 0 Å². The number of hydrogen-bond acceptors (Lipinski definition) is 2. The van der Waals surface area contributed by atoms with Gasteiger partial charge in [0.25, 0.3) is 0 Å². The van der Waals surface area contributed by atoms with Crippen LogP contribution in [0.2, 0.25) is 0 Å². The Labute approximate surface area is 90.9 Å². The van der Waals surface area contributed by atoms with Crippen molar-refractivity contribution < 1.29 is 4.79 Å². The van der Waals surface area contributed by atoms with Crippen molar-refractivity contribution in [2.75, 3.05) is 13.1 Å². The van der Waals surface area contributed by atoms with Crippen molar-refractivity contribution in [3.8, 4) is 0 Å². The first-order valence-corrected chi connectivity index (χ1v) is 5.15. The van der Waals surface area contributed by atoms with Gasteiger partial charge in [-0.2, -0.15) is 0 Å². The third-order valence-electron chi connectivity index (χ3n) is 2.57. The first-order valence-electron chi connectivity index (χ1n) is 5.15. The fourth-order valence-electron chi connectivity index (χ4n) is 0.946. The van der Waals surface area contributed by atoms with E-state index in [0.29, 0.717) is 25.4 Å². The highest BCUT2D eigenvalue weighted by atomic mass is 16.1. The molecule has 15 heavy (non-hydrogen) atoms. The van der Waals surface area contributed by atoms with Crippen LogP contribution >= 0.6 is 0 Å². The molecule has 0 spiro atoms. The van der Waals surface area contributed by atoms with Gasteiger partial charge in [0, 0.05) is 24.4 Å². The fourth-order valence-corrected chi connectivity index (χ4v) is 0.946. The van der Waals surface area contributed by atoms with Crippen molar-refractivity contribution >= 4 is 5.91 Å². The van der Waals surface area contributed by atoms with Crippen LogP contribution in [0.1, 0.15) is 34.1 Å². The molecule has 0 heterocycles. The predicted octanol–water partition coefficient (Wildman–Crippen LogP) is 2.49. The Morgan fingerprint density at radius 2 is 2.13 bits per heavy atom. The van der Waals surface area contributed by atoms with E-state index in [2.05, 4.69) is 43.0 Å². The van der Waals surface area contributed by atoms with Gasteiger partial charge in [-0.15, -0.1) is 0 Å². The molecule has 1 N–H and O–H groups in total. The van der Waals surface area contributed by atoms with E-state index in [4.69, 9.17) is 5.53 Å². The van der Waals surface area contributed by atoms with Gasteiger partial charge >= 0.3 is 0 Å². The summed E-state index contributed by atoms with van der Waals surface area (Å²) < 4.78 is 0. The summed E-state index contributed by atoms with van der Waals surface area (Å²) in [6.07, 6.45) is 0.514. The molecule has 0 aromatic heterocycles. The SMILES string of the molecule is CC(CC(=O)NCCN=[N+]=[N-])C(C)(C)C. The van der Waals surface area contributed by atoms with Gasteiger partial charge in [0.1, 0.15) is 0 Å². The summed E-state index contributed by atoms with van der Waals surface area (Å²) in [6.45, 7) is 9.14. The van der Waals surface area contributed by atoms with Gasteiger partial charge in [0.05, 0.1) is 0 Å². The molecule has 0 aliphatic carbocycles. The molecule has 0 aromatic carbocycles. The molecule has 0 fully saturated rings. The van der Waals surface area contributed by atoms with Crippen LogP contribution in [0.4, 0.5) is 0 Å². The molecule has 1 amide bonds. The van der Waals surface area contributed by atoms with Gasteiger partial charge in [-0.05, 0) is 16.9 Å². The van der Waals surface area contributed by atoms with Crippen LogP contribution in [0.25, 0.3) is 10.4 Å². The highest BCUT2D eigenvalue weighted by molar-refractivity contribution is 5.76. The summed E-state index contributed by atoms with van der Waals surface area (Å²) >= 11 is 0. The minimum Gasteiger partial charge on any atom is -0.356 e. The molecule has 0 aromatic rings. The van der Waals surface area contributed by atoms with E-state index in [9.17, 15) is 4.79 Å². The van der Waals surface area contributed by atoms with Crippen molar-refractivity contribution in [1.82, 2.24) is 5.32 Å². The van der Waals surface area contributed by atoms with Gasteiger partial charge in [-0.3, -0.25) is 4.79 Å². The number of nitrogens with one attached hydrogen (secondary N) is 1. The molecule has 0 bridgehead atoms. The zero-order chi connectivity index (χ0) is 11.9. The van der Waals surface area contributed by atoms with Crippen LogP contribution in [0, 0.1) is 11.3 Å². The van der Waals surface area contributed by atoms with Gasteiger partial charge < -0.3 is 5.32 Å². The topological polar surface area (TPSA) is 77.9 Å². The lowest BCUT2D eigenvalue weighted by Crippen LogP contribution is -2.30. The summed E-state index contributed by atoms with van der Waals surface area (Å²) in [5.74, 6) is 0.350. The Morgan fingerprint density at radius 1 is 1.53 bits per heavy atom. The summed E-state index contributed by atoms with van der Waals surface area (Å²) in [5.41, 5.74) is 8.17. The Kier molecular flexibility index (Phi) is 5.79. The highest BCUT2D eigenvalue weighted by Crippen LogP contribution is 2.27. The molecule has 0 aliphatic heterocycles. The number of rotatable bonds is 5. The smallest absolute Gasteiger partial charge is 0.220 e. The number of nitrogens with zero attached hydrogens (tertiary/aromatic N) is 3. The average molecular weight is 212 g/mol. The van der Waals surface area contributed by atoms with Crippen LogP contribution in [0.3, 0.4) is 0 Å². The Bertz CT molecular complexity index is 251. The van der Waals surface area contributed by atoms with E-state index in [1.165, 1.54) is 0 Å². The summed E-state index contributed by atoms with van der Waals surface area (Å²) in [7, 11) is 0. The summed E-state index contributed by atoms with van der Waals surface area (Å²) in [5, 5.41) is 6.05. The lowest BCUT2D eigenvalue weighted by Gasteiger charge is -2.26. The van der Waals surface area contributed by atoms with Crippen molar-refractivity contribution in [2.24, 2.45) is 16.4 Å². The molecule has 5 heteroatoms. The minimum absolute atomic E-state index is 0.0190. The minimum atomic E-state index is 0.0190. The highest BCUT2D eigenvalue weighted by Gasteiger charge is 2.22. The van der Waals surface area contributed by atoms with Crippen molar-refractivity contribution in [1.29, 1.82) is 0 Å². The summed E-state index contributed by atoms with van der Waals surface area (Å²) in [6, 6.07) is 0. The molecule has 0 radical (unpaired) electrons. The van der Waals surface area contributed by atoms with Crippen LogP contribution in [-0.2, 0) is 4.79 Å². The normalized spacial score (nSPS) is 12.8. The summed E-state index contributed by atoms with van der Waals surface area (Å²) in [4.78, 5) is 14.0. The second-order valence-corrected chi connectivity index (χ2v) is 4.78. The maximum Gasteiger partial charge on any atom is 0.220 e. The Morgan fingerprint density at radius 3 is 2.60 bits per heavy atom. The van der Waals surface area contributed by atoms with Crippen molar-refractivity contribution in [2.45, 2.75) is 34.1 Å². The fraction of sp³-hybridized carbons (Fsp3) is 0.900. The van der Waals surface area contributed by atoms with E-state index in [0.717, 1.165) is 0 Å². The monoisotopic (exact) mass is 212 g/mol. The van der Waals surface area contributed by atoms with E-state index >= 15 is 0 Å². The molecule has 0 saturated heterocycles. The third-order valence-corrected chi connectivity index (χ3v) is 2.57. The maximum absolute atomic E-state index is 11.4. The Balaban J connectivity index is 3.79. The molecular weight excluding hydrogens is 192 g/mol. The first kappa shape index (κ1) is 13.8. The first-order chi connectivity index (χ1) is 6.88. The molecular formula is C10H20N4O. The second kappa shape index (κ2) is 6.30. The lowest BCUT2D eigenvalue weighted by molar-refractivity contribution is -0.122. The molecule has 0 rings (SSSR count). The van der Waals surface area contributed by atoms with Crippen molar-refractivity contribution in [3.05, 3.63) is 10.4 Å².